The molecular formula is C53H64N4O9P10. The summed E-state index contributed by atoms with van der Waals surface area (Å²) in [6.45, 7) is 3.20. The summed E-state index contributed by atoms with van der Waals surface area (Å²) in [5, 5.41) is 19.5. The average Bonchev–Trinajstić information content (AvgIpc) is 4.01. The van der Waals surface area contributed by atoms with E-state index in [2.05, 4.69) is 67.6 Å². The van der Waals surface area contributed by atoms with Crippen LogP contribution in [0.3, 0.4) is 0 Å². The van der Waals surface area contributed by atoms with E-state index in [0.717, 1.165) is 56.4 Å². The van der Waals surface area contributed by atoms with Gasteiger partial charge in [0.15, 0.2) is 23.0 Å². The highest BCUT2D eigenvalue weighted by atomic mass is 33.0. The first-order chi connectivity index (χ1) is 36.5. The number of methoxy groups -OCH3 is 4. The van der Waals surface area contributed by atoms with Crippen molar-refractivity contribution in [1.29, 1.82) is 0 Å². The molecule has 0 radical (unpaired) electrons. The molecule has 7 atom stereocenters. The number of ketones is 1. The molecule has 0 saturated heterocycles. The van der Waals surface area contributed by atoms with Crippen molar-refractivity contribution in [3.63, 3.8) is 0 Å². The first-order valence-electron chi connectivity index (χ1n) is 23.0. The number of aromatic nitrogens is 4. The zero-order valence-corrected chi connectivity index (χ0v) is 53.5. The van der Waals surface area contributed by atoms with Gasteiger partial charge >= 0.3 is 5.97 Å². The molecule has 76 heavy (non-hydrogen) atoms. The van der Waals surface area contributed by atoms with Crippen molar-refractivity contribution in [2.75, 3.05) is 28.4 Å². The third kappa shape index (κ3) is 19.7. The van der Waals surface area contributed by atoms with E-state index >= 15 is 0 Å². The molecule has 0 aliphatic carbocycles. The standard InChI is InChI=1S/C27H26N2O4.C26H24N2O5.H8P6.H6P4/c1-19(30)26-27(33-18-21-11-15-24(32-3)16-12-21)25(22-7-5-4-6-8-22)28-29(26)17-20-9-13-23(31-2)14-10-20;1-31-21-12-8-18(9-13-21)16-28-24(26(29)30)25(23(27-28)20-6-4-3-5-7-20)33-17-19-10-14-22(32-2)15-11-19;1-5(2)6(3)4;1-4(2)3/h4-16H,17-18H2,1-3H3;3-15H,16-17H2,1-2H3,(H,29,30);1-4H2;1-3H2. The lowest BCUT2D eigenvalue weighted by atomic mass is 10.1. The molecule has 2 heterocycles. The smallest absolute Gasteiger partial charge is 0.358 e. The minimum Gasteiger partial charge on any atom is -0.497 e. The highest BCUT2D eigenvalue weighted by Crippen LogP contribution is 2.86. The Morgan fingerprint density at radius 2 is 0.750 bits per heavy atom. The van der Waals surface area contributed by atoms with Crippen molar-refractivity contribution < 1.29 is 43.1 Å². The summed E-state index contributed by atoms with van der Waals surface area (Å²) in [5.41, 5.74) is 6.97. The topological polar surface area (TPSA) is 145 Å². The van der Waals surface area contributed by atoms with E-state index in [9.17, 15) is 14.7 Å². The Bertz CT molecular complexity index is 2820. The highest BCUT2D eigenvalue weighted by Gasteiger charge is 2.27. The number of Topliss-reactive ketones (excluding diaryl/α,β-unsaturated/α-hetero) is 1. The van der Waals surface area contributed by atoms with Crippen LogP contribution in [0.1, 0.15) is 50.2 Å². The van der Waals surface area contributed by atoms with Crippen molar-refractivity contribution in [1.82, 2.24) is 19.6 Å². The predicted molar refractivity (Wildman–Crippen MR) is 340 cm³/mol. The maximum Gasteiger partial charge on any atom is 0.358 e. The second-order valence-corrected chi connectivity index (χ2v) is 47.5. The summed E-state index contributed by atoms with van der Waals surface area (Å²) in [6.07, 6.45) is 0. The van der Waals surface area contributed by atoms with E-state index in [1.165, 1.54) is 11.6 Å². The Labute approximate surface area is 465 Å². The van der Waals surface area contributed by atoms with E-state index < -0.39 is 5.97 Å². The van der Waals surface area contributed by atoms with Crippen molar-refractivity contribution >= 4 is 95.2 Å². The van der Waals surface area contributed by atoms with Crippen LogP contribution in [0.15, 0.2) is 158 Å². The van der Waals surface area contributed by atoms with Gasteiger partial charge in [-0.2, -0.15) is 10.2 Å². The lowest BCUT2D eigenvalue weighted by molar-refractivity contribution is 0.0678. The fourth-order valence-corrected chi connectivity index (χ4v) is 7.07. The quantitative estimate of drug-likeness (QED) is 0.0610. The van der Waals surface area contributed by atoms with Gasteiger partial charge < -0.3 is 33.5 Å². The van der Waals surface area contributed by atoms with Gasteiger partial charge in [-0.1, -0.05) is 109 Å². The normalized spacial score (nSPS) is 10.6. The molecule has 23 heteroatoms. The monoisotopic (exact) mass is 1210 g/mol. The van der Waals surface area contributed by atoms with Crippen LogP contribution >= 0.6 is 83.5 Å². The third-order valence-corrected chi connectivity index (χ3v) is 32.1. The number of nitrogens with zero attached hydrogens (tertiary/aromatic N) is 4. The predicted octanol–water partition coefficient (Wildman–Crippen LogP) is 15.2. The summed E-state index contributed by atoms with van der Waals surface area (Å²) in [7, 11) is 25.6. The molecule has 2 aromatic heterocycles. The van der Waals surface area contributed by atoms with E-state index in [4.69, 9.17) is 33.5 Å². The number of hydrogen-bond acceptors (Lipinski definition) is 10. The summed E-state index contributed by atoms with van der Waals surface area (Å²) in [4.78, 5) is 25.0. The molecule has 13 nitrogen and oxygen atoms in total. The molecule has 0 fully saturated rings. The van der Waals surface area contributed by atoms with Crippen molar-refractivity contribution in [2.45, 2.75) is 33.2 Å². The molecule has 0 spiro atoms. The van der Waals surface area contributed by atoms with E-state index in [1.54, 1.807) is 33.1 Å². The van der Waals surface area contributed by atoms with E-state index in [1.807, 2.05) is 158 Å². The van der Waals surface area contributed by atoms with Gasteiger partial charge in [0.05, 0.1) is 41.5 Å². The first kappa shape index (κ1) is 62.8. The van der Waals surface area contributed by atoms with Crippen LogP contribution < -0.4 is 28.4 Å². The zero-order chi connectivity index (χ0) is 55.1. The second-order valence-electron chi connectivity index (χ2n) is 16.1. The van der Waals surface area contributed by atoms with Crippen molar-refractivity contribution in [2.24, 2.45) is 0 Å². The number of rotatable bonds is 19. The van der Waals surface area contributed by atoms with Gasteiger partial charge in [-0.05, 0) is 91.7 Å². The van der Waals surface area contributed by atoms with Crippen LogP contribution in [0.25, 0.3) is 22.5 Å². The average molecular weight is 1210 g/mol. The molecule has 0 bridgehead atoms. The molecule has 0 aliphatic rings. The number of hydrogen-bond donors (Lipinski definition) is 1. The minimum atomic E-state index is -1.11. The van der Waals surface area contributed by atoms with Crippen LogP contribution in [0.5, 0.6) is 34.5 Å². The van der Waals surface area contributed by atoms with Crippen LogP contribution in [-0.2, 0) is 26.3 Å². The van der Waals surface area contributed by atoms with Crippen LogP contribution in [0.4, 0.5) is 0 Å². The molecule has 8 rings (SSSR count). The van der Waals surface area contributed by atoms with E-state index in [-0.39, 0.29) is 51.3 Å². The maximum absolute atomic E-state index is 12.7. The van der Waals surface area contributed by atoms with E-state index in [0.29, 0.717) is 36.0 Å². The molecule has 0 aliphatic heterocycles. The minimum absolute atomic E-state index is 0.00168. The van der Waals surface area contributed by atoms with Gasteiger partial charge in [0.2, 0.25) is 0 Å². The number of carbonyl (C=O) groups is 2. The molecule has 8 aromatic rings. The Hall–Kier alpha value is -4.02. The summed E-state index contributed by atoms with van der Waals surface area (Å²) in [5.74, 6) is 2.52. The van der Waals surface area contributed by atoms with Gasteiger partial charge in [0, 0.05) is 18.1 Å². The Balaban J connectivity index is 0.000000238. The molecule has 6 aromatic carbocycles. The van der Waals surface area contributed by atoms with Gasteiger partial charge in [0.25, 0.3) is 0 Å². The molecule has 1 N–H and O–H groups in total. The SMILES string of the molecule is COc1ccc(COc2c(-c3ccccc3)nn(Cc3ccc(OC)cc3)c2C(=O)O)cc1.COc1ccc(COc2c(-c3ccccc3)nn(Cc3ccc(OC)cc3)c2C(C)=O)cc1.PP(P)P.PP(P)P(P)P. The molecule has 7 unspecified atom stereocenters. The van der Waals surface area contributed by atoms with Crippen molar-refractivity contribution in [3.05, 3.63) is 191 Å². The van der Waals surface area contributed by atoms with Crippen LogP contribution in [0.2, 0.25) is 0 Å². The lowest BCUT2D eigenvalue weighted by Gasteiger charge is -2.10. The number of ether oxygens (including phenoxy) is 6. The molecule has 400 valence electrons. The van der Waals surface area contributed by atoms with Crippen LogP contribution in [-0.4, -0.2) is 64.9 Å². The van der Waals surface area contributed by atoms with Gasteiger partial charge in [0.1, 0.15) is 53.3 Å². The van der Waals surface area contributed by atoms with Crippen molar-refractivity contribution in [3.8, 4) is 57.0 Å². The largest absolute Gasteiger partial charge is 0.497 e. The summed E-state index contributed by atoms with van der Waals surface area (Å²) >= 11 is 0. The number of carboxylic acids is 1. The number of benzene rings is 6. The lowest BCUT2D eigenvalue weighted by Crippen LogP contribution is -2.12. The highest BCUT2D eigenvalue weighted by molar-refractivity contribution is 8.92. The maximum atomic E-state index is 12.7. The second kappa shape index (κ2) is 32.8. The number of carboxylic acid groups (broad SMARTS) is 1. The third-order valence-electron chi connectivity index (χ3n) is 10.8. The summed E-state index contributed by atoms with van der Waals surface area (Å²) < 4.78 is 36.4. The first-order valence-corrected chi connectivity index (χ1v) is 39.1. The van der Waals surface area contributed by atoms with Gasteiger partial charge in [-0.25, -0.2) is 9.48 Å². The fraction of sp³-hybridized carbons (Fsp3) is 0.170. The molecule has 0 saturated carbocycles. The van der Waals surface area contributed by atoms with Gasteiger partial charge in [-0.3, -0.25) is 9.48 Å². The molecule has 0 amide bonds. The Kier molecular flexibility index (Phi) is 27.1. The summed E-state index contributed by atoms with van der Waals surface area (Å²) in [6, 6.07) is 49.4. The Morgan fingerprint density at radius 1 is 0.461 bits per heavy atom. The zero-order valence-electron chi connectivity index (χ0n) is 42.7. The molecular weight excluding hydrogens is 1150 g/mol. The Morgan fingerprint density at radius 3 is 1.03 bits per heavy atom. The fourth-order valence-electron chi connectivity index (χ4n) is 7.07. The number of aromatic carboxylic acids is 1. The number of carbonyl (C=O) groups excluding carboxylic acids is 1. The van der Waals surface area contributed by atoms with Gasteiger partial charge in [-0.15, -0.1) is 62.5 Å². The van der Waals surface area contributed by atoms with Crippen LogP contribution in [0, 0.1) is 0 Å².